The van der Waals surface area contributed by atoms with Gasteiger partial charge in [0.25, 0.3) is 0 Å². The van der Waals surface area contributed by atoms with Crippen molar-refractivity contribution in [3.63, 3.8) is 0 Å². The third-order valence-corrected chi connectivity index (χ3v) is 4.34. The second-order valence-corrected chi connectivity index (χ2v) is 6.25. The van der Waals surface area contributed by atoms with E-state index in [1.165, 1.54) is 13.8 Å². The topological polar surface area (TPSA) is 178 Å². The molecular weight excluding hydrogens is 342 g/mol. The number of nitrogens with one attached hydrogen (secondary N) is 1. The number of aliphatic hydroxyl groups excluding tert-OH is 6. The lowest BCUT2D eigenvalue weighted by Crippen LogP contribution is -2.67. The van der Waals surface area contributed by atoms with Crippen LogP contribution in [0.3, 0.4) is 0 Å². The highest BCUT2D eigenvalue weighted by Crippen LogP contribution is 2.28. The zero-order chi connectivity index (χ0) is 18.9. The number of rotatable bonds is 4. The molecule has 11 heteroatoms. The van der Waals surface area contributed by atoms with Gasteiger partial charge in [-0.3, -0.25) is 4.79 Å². The van der Waals surface area contributed by atoms with Crippen molar-refractivity contribution in [1.29, 1.82) is 0 Å². The van der Waals surface area contributed by atoms with Gasteiger partial charge in [-0.1, -0.05) is 0 Å². The molecule has 1 amide bonds. The lowest BCUT2D eigenvalue weighted by molar-refractivity contribution is -0.344. The van der Waals surface area contributed by atoms with Gasteiger partial charge in [-0.25, -0.2) is 0 Å². The predicted octanol–water partition coefficient (Wildman–Crippen LogP) is -4.23. The zero-order valence-corrected chi connectivity index (χ0v) is 13.8. The molecule has 0 aliphatic carbocycles. The molecular formula is C14H25NO10. The first kappa shape index (κ1) is 20.4. The lowest BCUT2D eigenvalue weighted by atomic mass is 9.96. The first-order valence-corrected chi connectivity index (χ1v) is 7.92. The molecule has 25 heavy (non-hydrogen) atoms. The minimum absolute atomic E-state index is 0.550. The van der Waals surface area contributed by atoms with Crippen LogP contribution in [0.25, 0.3) is 0 Å². The highest BCUT2D eigenvalue weighted by molar-refractivity contribution is 5.73. The minimum atomic E-state index is -1.61. The Labute approximate surface area is 143 Å². The van der Waals surface area contributed by atoms with Crippen LogP contribution in [0.5, 0.6) is 0 Å². The quantitative estimate of drug-likeness (QED) is 0.257. The normalized spacial score (nSPS) is 48.2. The fourth-order valence-electron chi connectivity index (χ4n) is 2.91. The number of hydrogen-bond donors (Lipinski definition) is 7. The molecule has 0 radical (unpaired) electrons. The Hall–Kier alpha value is -0.890. The molecule has 0 aromatic carbocycles. The van der Waals surface area contributed by atoms with Crippen molar-refractivity contribution >= 4 is 5.91 Å². The van der Waals surface area contributed by atoms with Gasteiger partial charge in [0.15, 0.2) is 12.6 Å². The van der Waals surface area contributed by atoms with Gasteiger partial charge < -0.3 is 50.2 Å². The standard InChI is InChI=1S/C14H25NO10/c1-4-8(18)11(21)12(13(22)23-4)25-14-7(15-5(2)17)10(20)9(19)6(3-16)24-14/h4,6-14,16,18-22H,3H2,1-2H3,(H,15,17)/t4-,6+,7+,8+,9-,10+,11+,12-,13-,14?/m0/s1. The van der Waals surface area contributed by atoms with Crippen LogP contribution in [0.4, 0.5) is 0 Å². The number of hydrogen-bond acceptors (Lipinski definition) is 10. The Kier molecular flexibility index (Phi) is 6.70. The molecule has 2 saturated heterocycles. The van der Waals surface area contributed by atoms with Gasteiger partial charge >= 0.3 is 0 Å². The van der Waals surface area contributed by atoms with E-state index in [0.29, 0.717) is 0 Å². The number of aliphatic hydroxyl groups is 6. The van der Waals surface area contributed by atoms with E-state index in [4.69, 9.17) is 14.2 Å². The van der Waals surface area contributed by atoms with Gasteiger partial charge in [-0.2, -0.15) is 0 Å². The maximum atomic E-state index is 11.3. The first-order chi connectivity index (χ1) is 11.7. The SMILES string of the molecule is CC(=O)N[C@H]1C(O[C@H]2[C@H](O)[C@H](O)[C@H](C)O[C@@H]2O)O[C@H](CO)[C@H](O)[C@@H]1O. The molecule has 2 aliphatic rings. The van der Waals surface area contributed by atoms with E-state index in [1.807, 2.05) is 0 Å². The lowest BCUT2D eigenvalue weighted by Gasteiger charge is -2.46. The second-order valence-electron chi connectivity index (χ2n) is 6.25. The van der Waals surface area contributed by atoms with Gasteiger partial charge in [0.2, 0.25) is 5.91 Å². The average Bonchev–Trinajstić information content (AvgIpc) is 2.55. The van der Waals surface area contributed by atoms with Gasteiger partial charge in [0.1, 0.15) is 42.7 Å². The smallest absolute Gasteiger partial charge is 0.217 e. The van der Waals surface area contributed by atoms with E-state index in [2.05, 4.69) is 5.32 Å². The number of ether oxygens (including phenoxy) is 3. The van der Waals surface area contributed by atoms with Crippen molar-refractivity contribution in [1.82, 2.24) is 5.32 Å². The van der Waals surface area contributed by atoms with E-state index in [-0.39, 0.29) is 0 Å². The summed E-state index contributed by atoms with van der Waals surface area (Å²) in [7, 11) is 0. The molecule has 0 saturated carbocycles. The Bertz CT molecular complexity index is 465. The predicted molar refractivity (Wildman–Crippen MR) is 78.8 cm³/mol. The van der Waals surface area contributed by atoms with Crippen molar-refractivity contribution in [2.24, 2.45) is 0 Å². The summed E-state index contributed by atoms with van der Waals surface area (Å²) in [5, 5.41) is 61.6. The maximum absolute atomic E-state index is 11.3. The van der Waals surface area contributed by atoms with E-state index >= 15 is 0 Å². The van der Waals surface area contributed by atoms with Crippen molar-refractivity contribution in [3.05, 3.63) is 0 Å². The molecule has 7 N–H and O–H groups in total. The molecule has 0 aromatic rings. The molecule has 10 atom stereocenters. The van der Waals surface area contributed by atoms with Crippen molar-refractivity contribution in [2.45, 2.75) is 75.2 Å². The monoisotopic (exact) mass is 367 g/mol. The van der Waals surface area contributed by atoms with E-state index in [1.54, 1.807) is 0 Å². The average molecular weight is 367 g/mol. The molecule has 2 heterocycles. The summed E-state index contributed by atoms with van der Waals surface area (Å²) in [6, 6.07) is -1.24. The molecule has 0 spiro atoms. The molecule has 146 valence electrons. The maximum Gasteiger partial charge on any atom is 0.217 e. The minimum Gasteiger partial charge on any atom is -0.394 e. The van der Waals surface area contributed by atoms with Crippen LogP contribution in [-0.2, 0) is 19.0 Å². The van der Waals surface area contributed by atoms with E-state index in [0.717, 1.165) is 0 Å². The number of carbonyl (C=O) groups excluding carboxylic acids is 1. The summed E-state index contributed by atoms with van der Waals surface area (Å²) in [6.07, 6.45) is -12.5. The Morgan fingerprint density at radius 1 is 1.04 bits per heavy atom. The third-order valence-electron chi connectivity index (χ3n) is 4.34. The van der Waals surface area contributed by atoms with Crippen LogP contribution in [0.1, 0.15) is 13.8 Å². The summed E-state index contributed by atoms with van der Waals surface area (Å²) >= 11 is 0. The fourth-order valence-corrected chi connectivity index (χ4v) is 2.91. The van der Waals surface area contributed by atoms with Crippen LogP contribution in [-0.4, -0.2) is 105 Å². The highest BCUT2D eigenvalue weighted by Gasteiger charge is 2.50. The summed E-state index contributed by atoms with van der Waals surface area (Å²) in [6.45, 7) is 1.98. The fraction of sp³-hybridized carbons (Fsp3) is 0.929. The molecule has 0 aromatic heterocycles. The second kappa shape index (κ2) is 8.20. The van der Waals surface area contributed by atoms with Gasteiger partial charge in [0.05, 0.1) is 12.7 Å². The van der Waals surface area contributed by atoms with Gasteiger partial charge in [-0.15, -0.1) is 0 Å². The molecule has 2 aliphatic heterocycles. The Morgan fingerprint density at radius 2 is 1.68 bits per heavy atom. The Morgan fingerprint density at radius 3 is 2.24 bits per heavy atom. The van der Waals surface area contributed by atoms with Crippen molar-refractivity contribution < 1.29 is 49.6 Å². The molecule has 1 unspecified atom stereocenters. The van der Waals surface area contributed by atoms with Crippen LogP contribution in [0.2, 0.25) is 0 Å². The number of carbonyl (C=O) groups is 1. The summed E-state index contributed by atoms with van der Waals surface area (Å²) < 4.78 is 15.8. The molecule has 2 rings (SSSR count). The first-order valence-electron chi connectivity index (χ1n) is 7.92. The molecule has 11 nitrogen and oxygen atoms in total. The van der Waals surface area contributed by atoms with Crippen LogP contribution < -0.4 is 5.32 Å². The van der Waals surface area contributed by atoms with Gasteiger partial charge in [-0.05, 0) is 6.92 Å². The van der Waals surface area contributed by atoms with Crippen molar-refractivity contribution in [2.75, 3.05) is 6.61 Å². The molecule has 0 bridgehead atoms. The molecule has 2 fully saturated rings. The third kappa shape index (κ3) is 4.27. The van der Waals surface area contributed by atoms with Crippen LogP contribution in [0.15, 0.2) is 0 Å². The van der Waals surface area contributed by atoms with Crippen LogP contribution in [0, 0.1) is 0 Å². The number of amides is 1. The van der Waals surface area contributed by atoms with E-state index in [9.17, 15) is 35.4 Å². The van der Waals surface area contributed by atoms with E-state index < -0.39 is 73.9 Å². The highest BCUT2D eigenvalue weighted by atomic mass is 16.7. The zero-order valence-electron chi connectivity index (χ0n) is 13.8. The van der Waals surface area contributed by atoms with Crippen molar-refractivity contribution in [3.8, 4) is 0 Å². The summed E-state index contributed by atoms with van der Waals surface area (Å²) in [5.41, 5.74) is 0. The largest absolute Gasteiger partial charge is 0.394 e. The van der Waals surface area contributed by atoms with Gasteiger partial charge in [0, 0.05) is 6.92 Å². The Balaban J connectivity index is 2.19. The van der Waals surface area contributed by atoms with Crippen LogP contribution >= 0.6 is 0 Å². The summed E-state index contributed by atoms with van der Waals surface area (Å²) in [5.74, 6) is -0.550. The summed E-state index contributed by atoms with van der Waals surface area (Å²) in [4.78, 5) is 11.3.